The van der Waals surface area contributed by atoms with Crippen LogP contribution >= 0.6 is 11.6 Å². The van der Waals surface area contributed by atoms with Crippen LogP contribution in [0.1, 0.15) is 92.1 Å². The Balaban J connectivity index is 1.54. The Bertz CT molecular complexity index is 1270. The van der Waals surface area contributed by atoms with Crippen molar-refractivity contribution in [2.24, 2.45) is 5.92 Å². The lowest BCUT2D eigenvalue weighted by Crippen LogP contribution is -2.48. The molecule has 2 saturated heterocycles. The average Bonchev–Trinajstić information content (AvgIpc) is 2.92. The predicted octanol–water partition coefficient (Wildman–Crippen LogP) is 7.03. The highest BCUT2D eigenvalue weighted by molar-refractivity contribution is 6.31. The Kier molecular flexibility index (Phi) is 9.60. The van der Waals surface area contributed by atoms with Crippen LogP contribution in [0.2, 0.25) is 5.02 Å². The summed E-state index contributed by atoms with van der Waals surface area (Å²) in [7, 11) is 0. The summed E-state index contributed by atoms with van der Waals surface area (Å²) in [4.78, 5) is 30.0. The number of hydrogen-bond donors (Lipinski definition) is 1. The number of halogens is 2. The summed E-state index contributed by atoms with van der Waals surface area (Å²) < 4.78 is 15.2. The minimum atomic E-state index is -0.266. The normalized spacial score (nSPS) is 20.8. The molecule has 0 spiro atoms. The van der Waals surface area contributed by atoms with Crippen molar-refractivity contribution in [2.45, 2.75) is 78.2 Å². The van der Waals surface area contributed by atoms with Crippen molar-refractivity contribution in [3.05, 3.63) is 81.3 Å². The maximum atomic E-state index is 15.2. The molecule has 2 heterocycles. The Morgan fingerprint density at radius 1 is 1.05 bits per heavy atom. The summed E-state index contributed by atoms with van der Waals surface area (Å²) in [5.41, 5.74) is 5.71. The predicted molar refractivity (Wildman–Crippen MR) is 160 cm³/mol. The van der Waals surface area contributed by atoms with E-state index in [1.165, 1.54) is 0 Å². The second-order valence-electron chi connectivity index (χ2n) is 11.7. The van der Waals surface area contributed by atoms with Crippen LogP contribution in [-0.4, -0.2) is 47.8 Å². The molecule has 2 aromatic carbocycles. The standard InChI is InChI=1S/C33H43ClFN3O2/c1-7-32(36-23(6)39)28-17-22(5)30(34)18-27(28)24-10-13-37(14-11-24)33(40)26-12-15-38(20(2)3)19-29(26)25-9-8-21(4)16-31(25)35/h8-9,16-18,24,26,29,32H,2,7,10-15,19H2,1,3-6H3,(H,36,39)/t26-,29+,32-/m1/s1. The van der Waals surface area contributed by atoms with Gasteiger partial charge < -0.3 is 15.1 Å². The first-order chi connectivity index (χ1) is 19.0. The molecule has 4 rings (SSSR count). The van der Waals surface area contributed by atoms with Gasteiger partial charge in [0.2, 0.25) is 11.8 Å². The van der Waals surface area contributed by atoms with Crippen molar-refractivity contribution in [1.82, 2.24) is 15.1 Å². The van der Waals surface area contributed by atoms with Gasteiger partial charge in [-0.1, -0.05) is 43.3 Å². The molecular weight excluding hydrogens is 525 g/mol. The summed E-state index contributed by atoms with van der Waals surface area (Å²) in [6, 6.07) is 9.44. The van der Waals surface area contributed by atoms with Gasteiger partial charge in [0.15, 0.2) is 0 Å². The number of carbonyl (C=O) groups is 2. The first-order valence-corrected chi connectivity index (χ1v) is 14.9. The summed E-state index contributed by atoms with van der Waals surface area (Å²) in [6.45, 7) is 16.2. The number of piperidine rings is 2. The zero-order chi connectivity index (χ0) is 29.1. The maximum absolute atomic E-state index is 15.2. The van der Waals surface area contributed by atoms with Crippen molar-refractivity contribution in [2.75, 3.05) is 26.2 Å². The van der Waals surface area contributed by atoms with E-state index in [0.29, 0.717) is 31.6 Å². The minimum absolute atomic E-state index is 0.0527. The van der Waals surface area contributed by atoms with Crippen LogP contribution in [0.25, 0.3) is 0 Å². The molecule has 2 aliphatic heterocycles. The van der Waals surface area contributed by atoms with Crippen LogP contribution in [0.15, 0.2) is 42.6 Å². The van der Waals surface area contributed by atoms with Crippen molar-refractivity contribution in [1.29, 1.82) is 0 Å². The molecule has 216 valence electrons. The monoisotopic (exact) mass is 567 g/mol. The molecule has 0 saturated carbocycles. The third-order valence-electron chi connectivity index (χ3n) is 8.80. The van der Waals surface area contributed by atoms with Crippen LogP contribution in [-0.2, 0) is 9.59 Å². The third kappa shape index (κ3) is 6.54. The molecule has 0 radical (unpaired) electrons. The SMILES string of the molecule is C=C(C)N1CC[C@@H](C(=O)N2CCC(c3cc(Cl)c(C)cc3[C@@H](CC)NC(C)=O)CC2)[C@H](c2ccc(C)cc2F)C1. The molecule has 2 aromatic rings. The molecule has 0 aromatic heterocycles. The van der Waals surface area contributed by atoms with Gasteiger partial charge in [-0.05, 0) is 92.3 Å². The van der Waals surface area contributed by atoms with Crippen LogP contribution in [0.3, 0.4) is 0 Å². The number of amides is 2. The second kappa shape index (κ2) is 12.8. The van der Waals surface area contributed by atoms with E-state index >= 15 is 4.39 Å². The fourth-order valence-corrected chi connectivity index (χ4v) is 6.68. The molecule has 7 heteroatoms. The fourth-order valence-electron chi connectivity index (χ4n) is 6.51. The number of nitrogens with one attached hydrogen (secondary N) is 1. The van der Waals surface area contributed by atoms with Crippen LogP contribution in [0.5, 0.6) is 0 Å². The van der Waals surface area contributed by atoms with Crippen molar-refractivity contribution in [3.8, 4) is 0 Å². The minimum Gasteiger partial charge on any atom is -0.375 e. The van der Waals surface area contributed by atoms with E-state index in [-0.39, 0.29) is 41.4 Å². The van der Waals surface area contributed by atoms with Crippen LogP contribution in [0, 0.1) is 25.6 Å². The number of benzene rings is 2. The average molecular weight is 568 g/mol. The number of rotatable bonds is 7. The smallest absolute Gasteiger partial charge is 0.226 e. The Labute approximate surface area is 243 Å². The van der Waals surface area contributed by atoms with E-state index in [1.807, 2.05) is 37.8 Å². The van der Waals surface area contributed by atoms with Gasteiger partial charge in [-0.3, -0.25) is 9.59 Å². The molecule has 5 nitrogen and oxygen atoms in total. The molecule has 2 amide bonds. The highest BCUT2D eigenvalue weighted by atomic mass is 35.5. The molecule has 1 N–H and O–H groups in total. The quantitative estimate of drug-likeness (QED) is 0.391. The first kappa shape index (κ1) is 30.1. The van der Waals surface area contributed by atoms with Gasteiger partial charge in [-0.15, -0.1) is 0 Å². The van der Waals surface area contributed by atoms with Crippen molar-refractivity contribution in [3.63, 3.8) is 0 Å². The molecule has 0 aliphatic carbocycles. The largest absolute Gasteiger partial charge is 0.375 e. The van der Waals surface area contributed by atoms with E-state index in [1.54, 1.807) is 13.0 Å². The second-order valence-corrected chi connectivity index (χ2v) is 12.1. The van der Waals surface area contributed by atoms with Gasteiger partial charge in [0, 0.05) is 55.7 Å². The highest BCUT2D eigenvalue weighted by Gasteiger charge is 2.39. The molecule has 40 heavy (non-hydrogen) atoms. The van der Waals surface area contributed by atoms with Crippen LogP contribution < -0.4 is 5.32 Å². The van der Waals surface area contributed by atoms with Gasteiger partial charge in [-0.25, -0.2) is 4.39 Å². The lowest BCUT2D eigenvalue weighted by atomic mass is 9.78. The van der Waals surface area contributed by atoms with E-state index < -0.39 is 0 Å². The molecule has 3 atom stereocenters. The fraction of sp³-hybridized carbons (Fsp3) is 0.515. The Morgan fingerprint density at radius 2 is 1.73 bits per heavy atom. The van der Waals surface area contributed by atoms with E-state index in [0.717, 1.165) is 58.8 Å². The molecular formula is C33H43ClFN3O2. The van der Waals surface area contributed by atoms with E-state index in [2.05, 4.69) is 35.9 Å². The maximum Gasteiger partial charge on any atom is 0.226 e. The Hall–Kier alpha value is -2.86. The van der Waals surface area contributed by atoms with E-state index in [9.17, 15) is 9.59 Å². The number of aryl methyl sites for hydroxylation is 2. The van der Waals surface area contributed by atoms with Gasteiger partial charge in [0.05, 0.1) is 6.04 Å². The molecule has 0 bridgehead atoms. The zero-order valence-electron chi connectivity index (χ0n) is 24.5. The topological polar surface area (TPSA) is 52.7 Å². The van der Waals surface area contributed by atoms with Gasteiger partial charge in [0.25, 0.3) is 0 Å². The van der Waals surface area contributed by atoms with Gasteiger partial charge in [-0.2, -0.15) is 0 Å². The molecule has 2 fully saturated rings. The van der Waals surface area contributed by atoms with Crippen molar-refractivity contribution >= 4 is 23.4 Å². The molecule has 2 aliphatic rings. The summed E-state index contributed by atoms with van der Waals surface area (Å²) >= 11 is 6.58. The van der Waals surface area contributed by atoms with Crippen molar-refractivity contribution < 1.29 is 14.0 Å². The van der Waals surface area contributed by atoms with Gasteiger partial charge in [0.1, 0.15) is 5.82 Å². The number of allylic oxidation sites excluding steroid dienone is 1. The zero-order valence-corrected chi connectivity index (χ0v) is 25.3. The number of carbonyl (C=O) groups excluding carboxylic acids is 2. The van der Waals surface area contributed by atoms with Gasteiger partial charge >= 0.3 is 0 Å². The Morgan fingerprint density at radius 3 is 2.33 bits per heavy atom. The summed E-state index contributed by atoms with van der Waals surface area (Å²) in [6.07, 6.45) is 3.10. The summed E-state index contributed by atoms with van der Waals surface area (Å²) in [5.74, 6) is -0.409. The number of nitrogens with zero attached hydrogens (tertiary/aromatic N) is 2. The molecule has 0 unspecified atom stereocenters. The number of hydrogen-bond acceptors (Lipinski definition) is 3. The van der Waals surface area contributed by atoms with E-state index in [4.69, 9.17) is 11.6 Å². The lowest BCUT2D eigenvalue weighted by molar-refractivity contribution is -0.138. The third-order valence-corrected chi connectivity index (χ3v) is 9.20. The first-order valence-electron chi connectivity index (χ1n) is 14.5. The lowest BCUT2D eigenvalue weighted by Gasteiger charge is -2.42. The van der Waals surface area contributed by atoms with Crippen LogP contribution in [0.4, 0.5) is 4.39 Å². The number of likely N-dealkylation sites (tertiary alicyclic amines) is 2. The summed E-state index contributed by atoms with van der Waals surface area (Å²) in [5, 5.41) is 3.82. The highest BCUT2D eigenvalue weighted by Crippen LogP contribution is 2.40.